The molecular formula is C10H12FNO3. The van der Waals surface area contributed by atoms with Crippen LogP contribution >= 0.6 is 0 Å². The SMILES string of the molecule is COC(OC)c1c(F)cccc1NC=O. The van der Waals surface area contributed by atoms with Gasteiger partial charge in [-0.1, -0.05) is 6.07 Å². The van der Waals surface area contributed by atoms with Crippen molar-refractivity contribution in [3.05, 3.63) is 29.6 Å². The van der Waals surface area contributed by atoms with Crippen LogP contribution in [0.1, 0.15) is 11.9 Å². The van der Waals surface area contributed by atoms with Crippen LogP contribution in [0.4, 0.5) is 10.1 Å². The van der Waals surface area contributed by atoms with E-state index in [0.717, 1.165) is 0 Å². The first-order valence-corrected chi connectivity index (χ1v) is 4.28. The fraction of sp³-hybridized carbons (Fsp3) is 0.300. The van der Waals surface area contributed by atoms with Gasteiger partial charge in [0.1, 0.15) is 5.82 Å². The van der Waals surface area contributed by atoms with Crippen molar-refractivity contribution in [2.75, 3.05) is 19.5 Å². The van der Waals surface area contributed by atoms with Crippen molar-refractivity contribution in [3.63, 3.8) is 0 Å². The zero-order valence-corrected chi connectivity index (χ0v) is 8.49. The van der Waals surface area contributed by atoms with Crippen molar-refractivity contribution in [2.24, 2.45) is 0 Å². The lowest BCUT2D eigenvalue weighted by molar-refractivity contribution is -0.107. The van der Waals surface area contributed by atoms with Crippen molar-refractivity contribution in [2.45, 2.75) is 6.29 Å². The summed E-state index contributed by atoms with van der Waals surface area (Å²) in [5.74, 6) is -0.490. The van der Waals surface area contributed by atoms with E-state index in [-0.39, 0.29) is 5.56 Å². The minimum absolute atomic E-state index is 0.176. The zero-order chi connectivity index (χ0) is 11.3. The zero-order valence-electron chi connectivity index (χ0n) is 8.49. The fourth-order valence-corrected chi connectivity index (χ4v) is 1.30. The number of methoxy groups -OCH3 is 2. The molecule has 0 spiro atoms. The van der Waals surface area contributed by atoms with Gasteiger partial charge < -0.3 is 14.8 Å². The van der Waals surface area contributed by atoms with Crippen LogP contribution in [0.15, 0.2) is 18.2 Å². The van der Waals surface area contributed by atoms with Crippen LogP contribution in [-0.4, -0.2) is 20.6 Å². The van der Waals surface area contributed by atoms with Gasteiger partial charge in [0.2, 0.25) is 6.41 Å². The Morgan fingerprint density at radius 3 is 2.60 bits per heavy atom. The molecule has 1 N–H and O–H groups in total. The smallest absolute Gasteiger partial charge is 0.211 e. The molecule has 0 saturated carbocycles. The molecule has 1 amide bonds. The summed E-state index contributed by atoms with van der Waals surface area (Å²) in [6.45, 7) is 0. The summed E-state index contributed by atoms with van der Waals surface area (Å²) in [4.78, 5) is 10.3. The Morgan fingerprint density at radius 2 is 2.07 bits per heavy atom. The van der Waals surface area contributed by atoms with E-state index in [9.17, 15) is 9.18 Å². The van der Waals surface area contributed by atoms with Gasteiger partial charge in [-0.3, -0.25) is 4.79 Å². The van der Waals surface area contributed by atoms with Crippen LogP contribution in [0, 0.1) is 5.82 Å². The number of rotatable bonds is 5. The molecule has 0 heterocycles. The number of amides is 1. The topological polar surface area (TPSA) is 47.6 Å². The molecule has 1 rings (SSSR count). The van der Waals surface area contributed by atoms with Crippen molar-refractivity contribution < 1.29 is 18.7 Å². The minimum Gasteiger partial charge on any atom is -0.351 e. The second-order valence-electron chi connectivity index (χ2n) is 2.77. The fourth-order valence-electron chi connectivity index (χ4n) is 1.30. The van der Waals surface area contributed by atoms with Crippen LogP contribution < -0.4 is 5.32 Å². The number of ether oxygens (including phenoxy) is 2. The molecule has 82 valence electrons. The molecule has 0 aliphatic rings. The second kappa shape index (κ2) is 5.43. The maximum Gasteiger partial charge on any atom is 0.211 e. The quantitative estimate of drug-likeness (QED) is 0.598. The number of hydrogen-bond acceptors (Lipinski definition) is 3. The van der Waals surface area contributed by atoms with Gasteiger partial charge in [0, 0.05) is 14.2 Å². The number of hydrogen-bond donors (Lipinski definition) is 1. The van der Waals surface area contributed by atoms with E-state index < -0.39 is 12.1 Å². The molecule has 1 aromatic carbocycles. The molecule has 15 heavy (non-hydrogen) atoms. The van der Waals surface area contributed by atoms with Crippen LogP contribution in [-0.2, 0) is 14.3 Å². The van der Waals surface area contributed by atoms with E-state index in [4.69, 9.17) is 9.47 Å². The van der Waals surface area contributed by atoms with Gasteiger partial charge in [0.05, 0.1) is 11.3 Å². The number of anilines is 1. The Labute approximate surface area is 87.0 Å². The third kappa shape index (κ3) is 2.51. The Bertz CT molecular complexity index is 339. The first kappa shape index (κ1) is 11.6. The van der Waals surface area contributed by atoms with Crippen molar-refractivity contribution >= 4 is 12.1 Å². The molecule has 0 aromatic heterocycles. The molecule has 0 atom stereocenters. The third-order valence-electron chi connectivity index (χ3n) is 1.93. The Hall–Kier alpha value is -1.46. The standard InChI is InChI=1S/C10H12FNO3/c1-14-10(15-2)9-7(11)4-3-5-8(9)12-6-13/h3-6,10H,1-2H3,(H,12,13). The number of carbonyl (C=O) groups excluding carboxylic acids is 1. The molecule has 0 aliphatic heterocycles. The first-order valence-electron chi connectivity index (χ1n) is 4.28. The molecule has 0 aliphatic carbocycles. The van der Waals surface area contributed by atoms with Gasteiger partial charge >= 0.3 is 0 Å². The van der Waals surface area contributed by atoms with E-state index in [1.54, 1.807) is 6.07 Å². The molecule has 0 radical (unpaired) electrons. The highest BCUT2D eigenvalue weighted by Crippen LogP contribution is 2.28. The summed E-state index contributed by atoms with van der Waals surface area (Å²) in [6.07, 6.45) is -0.366. The van der Waals surface area contributed by atoms with E-state index in [1.807, 2.05) is 0 Å². The highest BCUT2D eigenvalue weighted by atomic mass is 19.1. The number of nitrogens with one attached hydrogen (secondary N) is 1. The molecule has 0 unspecified atom stereocenters. The molecule has 5 heteroatoms. The molecule has 0 saturated heterocycles. The van der Waals surface area contributed by atoms with Gasteiger partial charge in [-0.25, -0.2) is 4.39 Å². The monoisotopic (exact) mass is 213 g/mol. The highest BCUT2D eigenvalue weighted by molar-refractivity contribution is 5.73. The lowest BCUT2D eigenvalue weighted by atomic mass is 10.1. The Balaban J connectivity index is 3.16. The van der Waals surface area contributed by atoms with E-state index >= 15 is 0 Å². The third-order valence-corrected chi connectivity index (χ3v) is 1.93. The maximum atomic E-state index is 13.5. The summed E-state index contributed by atoms with van der Waals surface area (Å²) >= 11 is 0. The van der Waals surface area contributed by atoms with E-state index in [2.05, 4.69) is 5.32 Å². The lowest BCUT2D eigenvalue weighted by Crippen LogP contribution is -2.10. The van der Waals surface area contributed by atoms with Gasteiger partial charge in [-0.2, -0.15) is 0 Å². The molecular weight excluding hydrogens is 201 g/mol. The lowest BCUT2D eigenvalue weighted by Gasteiger charge is -2.17. The van der Waals surface area contributed by atoms with Crippen molar-refractivity contribution in [1.29, 1.82) is 0 Å². The second-order valence-corrected chi connectivity index (χ2v) is 2.77. The predicted octanol–water partition coefficient (Wildman–Crippen LogP) is 1.69. The molecule has 0 bridgehead atoms. The first-order chi connectivity index (χ1) is 7.24. The van der Waals surface area contributed by atoms with Crippen molar-refractivity contribution in [1.82, 2.24) is 0 Å². The minimum atomic E-state index is -0.839. The summed E-state index contributed by atoms with van der Waals surface area (Å²) in [5, 5.41) is 2.39. The Kier molecular flexibility index (Phi) is 4.20. The summed E-state index contributed by atoms with van der Waals surface area (Å²) in [6, 6.07) is 4.33. The number of carbonyl (C=O) groups is 1. The average molecular weight is 213 g/mol. The Morgan fingerprint density at radius 1 is 1.40 bits per heavy atom. The highest BCUT2D eigenvalue weighted by Gasteiger charge is 2.18. The number of benzene rings is 1. The van der Waals surface area contributed by atoms with Crippen molar-refractivity contribution in [3.8, 4) is 0 Å². The predicted molar refractivity (Wildman–Crippen MR) is 52.8 cm³/mol. The maximum absolute atomic E-state index is 13.5. The van der Waals surface area contributed by atoms with E-state index in [1.165, 1.54) is 26.4 Å². The van der Waals surface area contributed by atoms with Crippen LogP contribution in [0.5, 0.6) is 0 Å². The van der Waals surface area contributed by atoms with Gasteiger partial charge in [0.25, 0.3) is 0 Å². The van der Waals surface area contributed by atoms with Gasteiger partial charge in [0.15, 0.2) is 6.29 Å². The molecule has 4 nitrogen and oxygen atoms in total. The van der Waals surface area contributed by atoms with Crippen LogP contribution in [0.25, 0.3) is 0 Å². The summed E-state index contributed by atoms with van der Waals surface area (Å²) < 4.78 is 23.4. The van der Waals surface area contributed by atoms with E-state index in [0.29, 0.717) is 12.1 Å². The van der Waals surface area contributed by atoms with Gasteiger partial charge in [-0.15, -0.1) is 0 Å². The van der Waals surface area contributed by atoms with Crippen LogP contribution in [0.3, 0.4) is 0 Å². The normalized spacial score (nSPS) is 10.4. The summed E-state index contributed by atoms with van der Waals surface area (Å²) in [7, 11) is 2.79. The molecule has 0 fully saturated rings. The average Bonchev–Trinajstić information content (AvgIpc) is 2.24. The number of halogens is 1. The largest absolute Gasteiger partial charge is 0.351 e. The summed E-state index contributed by atoms with van der Waals surface area (Å²) in [5.41, 5.74) is 0.508. The van der Waals surface area contributed by atoms with Gasteiger partial charge in [-0.05, 0) is 12.1 Å². The molecule has 1 aromatic rings. The van der Waals surface area contributed by atoms with Crippen LogP contribution in [0.2, 0.25) is 0 Å².